The summed E-state index contributed by atoms with van der Waals surface area (Å²) in [6, 6.07) is 11.3. The summed E-state index contributed by atoms with van der Waals surface area (Å²) in [6.07, 6.45) is 0. The highest BCUT2D eigenvalue weighted by Gasteiger charge is 2.29. The minimum absolute atomic E-state index is 0.195. The summed E-state index contributed by atoms with van der Waals surface area (Å²) in [6.45, 7) is 0.219. The van der Waals surface area contributed by atoms with Crippen molar-refractivity contribution in [3.8, 4) is 5.75 Å². The lowest BCUT2D eigenvalue weighted by atomic mass is 10.2. The number of rotatable bonds is 6. The second-order valence-electron chi connectivity index (χ2n) is 5.55. The average molecular weight is 428 g/mol. The van der Waals surface area contributed by atoms with E-state index in [1.165, 1.54) is 12.1 Å². The van der Waals surface area contributed by atoms with Gasteiger partial charge < -0.3 is 10.1 Å². The van der Waals surface area contributed by atoms with Crippen LogP contribution in [-0.2, 0) is 14.8 Å². The number of nitrogens with one attached hydrogen (secondary N) is 2. The van der Waals surface area contributed by atoms with Crippen molar-refractivity contribution in [1.82, 2.24) is 10.0 Å². The Hall–Kier alpha value is -2.29. The van der Waals surface area contributed by atoms with Gasteiger partial charge in [-0.1, -0.05) is 35.3 Å². The molecule has 0 saturated heterocycles. The topological polar surface area (TPSA) is 96.9 Å². The predicted octanol–water partition coefficient (Wildman–Crippen LogP) is 2.23. The molecule has 0 radical (unpaired) electrons. The second-order valence-corrected chi connectivity index (χ2v) is 8.04. The van der Waals surface area contributed by atoms with Crippen LogP contribution in [0.4, 0.5) is 0 Å². The number of ether oxygens (including phenoxy) is 1. The molecule has 0 fully saturated rings. The van der Waals surface area contributed by atoms with Gasteiger partial charge in [-0.2, -0.15) is 0 Å². The van der Waals surface area contributed by atoms with Crippen molar-refractivity contribution in [2.24, 2.45) is 4.99 Å². The van der Waals surface area contributed by atoms with E-state index in [1.807, 2.05) is 0 Å². The number of sulfonamides is 1. The number of amides is 1. The van der Waals surface area contributed by atoms with Crippen LogP contribution in [0.1, 0.15) is 5.56 Å². The molecule has 0 aliphatic carbocycles. The maximum Gasteiger partial charge on any atom is 0.263 e. The molecule has 10 heteroatoms. The van der Waals surface area contributed by atoms with Gasteiger partial charge in [0.05, 0.1) is 16.5 Å². The Morgan fingerprint density at radius 2 is 1.96 bits per heavy atom. The molecule has 7 nitrogen and oxygen atoms in total. The van der Waals surface area contributed by atoms with Gasteiger partial charge in [0.25, 0.3) is 15.9 Å². The van der Waals surface area contributed by atoms with Gasteiger partial charge in [-0.25, -0.2) is 8.42 Å². The summed E-state index contributed by atoms with van der Waals surface area (Å²) in [5.41, 5.74) is 0.518. The number of fused-ring (bicyclic) bond motifs is 1. The smallest absolute Gasteiger partial charge is 0.263 e. The predicted molar refractivity (Wildman–Crippen MR) is 103 cm³/mol. The first-order valence-electron chi connectivity index (χ1n) is 7.88. The van der Waals surface area contributed by atoms with Gasteiger partial charge >= 0.3 is 0 Å². The molecule has 0 bridgehead atoms. The second kappa shape index (κ2) is 8.16. The van der Waals surface area contributed by atoms with Crippen LogP contribution in [0, 0.1) is 0 Å². The van der Waals surface area contributed by atoms with E-state index in [-0.39, 0.29) is 36.3 Å². The standard InChI is InChI=1S/C17H15Cl2N3O4S/c18-11-5-6-14(13(19)9-11)26-10-16(23)20-7-8-21-17-12-3-1-2-4-15(12)27(24,25)22-17/h1-6,9H,7-8,10H2,(H,20,23)(H,21,22). The Labute approximate surface area is 166 Å². The van der Waals surface area contributed by atoms with E-state index >= 15 is 0 Å². The Bertz CT molecular complexity index is 1010. The molecule has 0 unspecified atom stereocenters. The van der Waals surface area contributed by atoms with Gasteiger partial charge in [-0.05, 0) is 30.3 Å². The van der Waals surface area contributed by atoms with Crippen molar-refractivity contribution >= 4 is 45.0 Å². The van der Waals surface area contributed by atoms with E-state index in [4.69, 9.17) is 27.9 Å². The zero-order valence-corrected chi connectivity index (χ0v) is 16.2. The van der Waals surface area contributed by atoms with Crippen LogP contribution in [0.15, 0.2) is 52.4 Å². The molecule has 2 aromatic rings. The van der Waals surface area contributed by atoms with E-state index in [9.17, 15) is 13.2 Å². The first-order valence-corrected chi connectivity index (χ1v) is 10.1. The number of hydrogen-bond donors (Lipinski definition) is 2. The molecular formula is C17H15Cl2N3O4S. The van der Waals surface area contributed by atoms with Gasteiger partial charge in [-0.3, -0.25) is 14.5 Å². The Morgan fingerprint density at radius 1 is 1.19 bits per heavy atom. The van der Waals surface area contributed by atoms with Crippen LogP contribution in [0.3, 0.4) is 0 Å². The highest BCUT2D eigenvalue weighted by Crippen LogP contribution is 2.27. The average Bonchev–Trinajstić information content (AvgIpc) is 2.89. The van der Waals surface area contributed by atoms with E-state index in [2.05, 4.69) is 15.0 Å². The number of aliphatic imine (C=N–C) groups is 1. The Balaban J connectivity index is 1.49. The van der Waals surface area contributed by atoms with Gasteiger partial charge in [-0.15, -0.1) is 0 Å². The van der Waals surface area contributed by atoms with Crippen molar-refractivity contribution < 1.29 is 17.9 Å². The van der Waals surface area contributed by atoms with Crippen molar-refractivity contribution in [1.29, 1.82) is 0 Å². The summed E-state index contributed by atoms with van der Waals surface area (Å²) in [7, 11) is -3.56. The monoisotopic (exact) mass is 427 g/mol. The molecule has 2 aromatic carbocycles. The minimum atomic E-state index is -3.56. The molecular weight excluding hydrogens is 413 g/mol. The Morgan fingerprint density at radius 3 is 2.74 bits per heavy atom. The Kier molecular flexibility index (Phi) is 5.88. The number of carbonyl (C=O) groups is 1. The quantitative estimate of drug-likeness (QED) is 0.690. The molecule has 1 aliphatic rings. The molecule has 3 rings (SSSR count). The van der Waals surface area contributed by atoms with Crippen LogP contribution in [-0.4, -0.2) is 39.9 Å². The van der Waals surface area contributed by atoms with E-state index in [0.717, 1.165) is 0 Å². The third-order valence-electron chi connectivity index (χ3n) is 3.62. The third-order valence-corrected chi connectivity index (χ3v) is 5.55. The summed E-state index contributed by atoms with van der Waals surface area (Å²) in [5.74, 6) is 0.270. The maximum absolute atomic E-state index is 12.0. The number of hydrogen-bond acceptors (Lipinski definition) is 5. The lowest BCUT2D eigenvalue weighted by Crippen LogP contribution is -2.31. The summed E-state index contributed by atoms with van der Waals surface area (Å²) in [4.78, 5) is 16.2. The molecule has 2 N–H and O–H groups in total. The van der Waals surface area contributed by atoms with Gasteiger partial charge in [0.15, 0.2) is 6.61 Å². The lowest BCUT2D eigenvalue weighted by molar-refractivity contribution is -0.123. The molecule has 0 aromatic heterocycles. The first kappa shape index (κ1) is 19.5. The van der Waals surface area contributed by atoms with Crippen LogP contribution < -0.4 is 14.8 Å². The fourth-order valence-corrected chi connectivity index (χ4v) is 4.11. The number of benzene rings is 2. The van der Waals surface area contributed by atoms with Crippen molar-refractivity contribution in [3.05, 3.63) is 58.1 Å². The van der Waals surface area contributed by atoms with E-state index in [0.29, 0.717) is 21.4 Å². The molecule has 0 spiro atoms. The van der Waals surface area contributed by atoms with Crippen LogP contribution >= 0.6 is 23.2 Å². The molecule has 1 amide bonds. The molecule has 1 aliphatic heterocycles. The van der Waals surface area contributed by atoms with Crippen LogP contribution in [0.25, 0.3) is 0 Å². The zero-order chi connectivity index (χ0) is 19.4. The number of halogens is 2. The van der Waals surface area contributed by atoms with E-state index < -0.39 is 10.0 Å². The van der Waals surface area contributed by atoms with Crippen LogP contribution in [0.5, 0.6) is 5.75 Å². The molecule has 142 valence electrons. The largest absolute Gasteiger partial charge is 0.482 e. The minimum Gasteiger partial charge on any atom is -0.482 e. The van der Waals surface area contributed by atoms with Crippen molar-refractivity contribution in [3.63, 3.8) is 0 Å². The molecule has 0 saturated carbocycles. The zero-order valence-electron chi connectivity index (χ0n) is 13.9. The summed E-state index contributed by atoms with van der Waals surface area (Å²) < 4.78 is 31.7. The van der Waals surface area contributed by atoms with Crippen molar-refractivity contribution in [2.45, 2.75) is 4.90 Å². The normalized spacial score (nSPS) is 15.9. The highest BCUT2D eigenvalue weighted by atomic mass is 35.5. The number of amidine groups is 1. The SMILES string of the molecule is O=C(COc1ccc(Cl)cc1Cl)NCCN=C1NS(=O)(=O)c2ccccc21. The molecule has 1 heterocycles. The third kappa shape index (κ3) is 4.71. The van der Waals surface area contributed by atoms with Gasteiger partial charge in [0, 0.05) is 17.1 Å². The lowest BCUT2D eigenvalue weighted by Gasteiger charge is -2.08. The van der Waals surface area contributed by atoms with Crippen LogP contribution in [0.2, 0.25) is 10.0 Å². The van der Waals surface area contributed by atoms with Crippen molar-refractivity contribution in [2.75, 3.05) is 19.7 Å². The fourth-order valence-electron chi connectivity index (χ4n) is 2.40. The summed E-state index contributed by atoms with van der Waals surface area (Å²) >= 11 is 11.8. The summed E-state index contributed by atoms with van der Waals surface area (Å²) in [5, 5.41) is 3.42. The number of nitrogens with zero attached hydrogens (tertiary/aromatic N) is 1. The van der Waals surface area contributed by atoms with Gasteiger partial charge in [0.2, 0.25) is 0 Å². The number of carbonyl (C=O) groups excluding carboxylic acids is 1. The maximum atomic E-state index is 12.0. The van der Waals surface area contributed by atoms with Gasteiger partial charge in [0.1, 0.15) is 11.6 Å². The van der Waals surface area contributed by atoms with E-state index in [1.54, 1.807) is 30.3 Å². The molecule has 0 atom stereocenters. The first-order chi connectivity index (χ1) is 12.9. The highest BCUT2D eigenvalue weighted by molar-refractivity contribution is 7.90. The molecule has 27 heavy (non-hydrogen) atoms. The fraction of sp³-hybridized carbons (Fsp3) is 0.176.